The summed E-state index contributed by atoms with van der Waals surface area (Å²) in [7, 11) is -3.38. The second-order valence-electron chi connectivity index (χ2n) is 2.58. The summed E-state index contributed by atoms with van der Waals surface area (Å²) in [5, 5.41) is -0.266. The third-order valence-electron chi connectivity index (χ3n) is 1.37. The Balaban J connectivity index is 3.16. The lowest BCUT2D eigenvalue weighted by Gasteiger charge is -1.96. The van der Waals surface area contributed by atoms with E-state index in [9.17, 15) is 13.2 Å². The van der Waals surface area contributed by atoms with Crippen LogP contribution in [0.5, 0.6) is 0 Å². The fourth-order valence-electron chi connectivity index (χ4n) is 0.689. The van der Waals surface area contributed by atoms with E-state index in [1.807, 2.05) is 0 Å². The summed E-state index contributed by atoms with van der Waals surface area (Å²) in [6, 6.07) is 0. The Bertz CT molecular complexity index is 422. The van der Waals surface area contributed by atoms with E-state index in [2.05, 4.69) is 9.97 Å². The first-order chi connectivity index (χ1) is 5.91. The molecule has 0 amide bonds. The Morgan fingerprint density at radius 2 is 1.77 bits per heavy atom. The van der Waals surface area contributed by atoms with Gasteiger partial charge in [-0.05, 0) is 6.92 Å². The normalized spacial score (nSPS) is 11.2. The summed E-state index contributed by atoms with van der Waals surface area (Å²) in [4.78, 5) is 17.9. The molecule has 0 saturated carbocycles. The van der Waals surface area contributed by atoms with Gasteiger partial charge in [-0.2, -0.15) is 0 Å². The van der Waals surface area contributed by atoms with Crippen LogP contribution in [-0.2, 0) is 9.84 Å². The third kappa shape index (κ3) is 2.32. The van der Waals surface area contributed by atoms with Crippen LogP contribution < -0.4 is 0 Å². The zero-order valence-corrected chi connectivity index (χ0v) is 8.00. The van der Waals surface area contributed by atoms with E-state index in [0.717, 1.165) is 6.26 Å². The molecule has 6 heteroatoms. The highest BCUT2D eigenvalue weighted by Gasteiger charge is 2.10. The number of hydrogen-bond acceptors (Lipinski definition) is 5. The summed E-state index contributed by atoms with van der Waals surface area (Å²) < 4.78 is 21.8. The standard InChI is InChI=1S/C7H8N2O3S/c1-5(10)6-3-8-7(9-4-6)13(2,11)12/h3-4H,1-2H3. The first-order valence-corrected chi connectivity index (χ1v) is 5.33. The Labute approximate surface area is 75.8 Å². The lowest BCUT2D eigenvalue weighted by Crippen LogP contribution is -2.05. The molecule has 13 heavy (non-hydrogen) atoms. The minimum absolute atomic E-state index is 0.194. The SMILES string of the molecule is CC(=O)c1cnc(S(C)(=O)=O)nc1. The Hall–Kier alpha value is -1.30. The number of hydrogen-bond donors (Lipinski definition) is 0. The molecule has 0 aliphatic rings. The molecule has 1 aromatic heterocycles. The average Bonchev–Trinajstić information content (AvgIpc) is 2.03. The molecule has 70 valence electrons. The molecule has 0 bridgehead atoms. The van der Waals surface area contributed by atoms with Crippen LogP contribution in [0.4, 0.5) is 0 Å². The van der Waals surface area contributed by atoms with E-state index in [1.165, 1.54) is 19.3 Å². The van der Waals surface area contributed by atoms with Gasteiger partial charge in [0.25, 0.3) is 0 Å². The molecule has 0 unspecified atom stereocenters. The van der Waals surface area contributed by atoms with Crippen molar-refractivity contribution in [2.75, 3.05) is 6.26 Å². The maximum Gasteiger partial charge on any atom is 0.246 e. The summed E-state index contributed by atoms with van der Waals surface area (Å²) in [6.45, 7) is 1.36. The molecule has 5 nitrogen and oxygen atoms in total. The van der Waals surface area contributed by atoms with Gasteiger partial charge in [0.2, 0.25) is 15.0 Å². The summed E-state index contributed by atoms with van der Waals surface area (Å²) in [5.41, 5.74) is 0.299. The van der Waals surface area contributed by atoms with E-state index in [0.29, 0.717) is 5.56 Å². The first-order valence-electron chi connectivity index (χ1n) is 3.44. The molecular weight excluding hydrogens is 192 g/mol. The van der Waals surface area contributed by atoms with Gasteiger partial charge < -0.3 is 0 Å². The average molecular weight is 200 g/mol. The number of nitrogens with zero attached hydrogens (tertiary/aromatic N) is 2. The maximum atomic E-state index is 10.9. The largest absolute Gasteiger partial charge is 0.294 e. The summed E-state index contributed by atoms with van der Waals surface area (Å²) >= 11 is 0. The molecule has 1 rings (SSSR count). The zero-order chi connectivity index (χ0) is 10.1. The van der Waals surface area contributed by atoms with Gasteiger partial charge in [-0.1, -0.05) is 0 Å². The number of Topliss-reactive ketones (excluding diaryl/α,β-unsaturated/α-hetero) is 1. The van der Waals surface area contributed by atoms with E-state index < -0.39 is 9.84 Å². The smallest absolute Gasteiger partial charge is 0.246 e. The number of carbonyl (C=O) groups is 1. The van der Waals surface area contributed by atoms with Crippen molar-refractivity contribution in [3.63, 3.8) is 0 Å². The van der Waals surface area contributed by atoms with Crippen molar-refractivity contribution in [3.05, 3.63) is 18.0 Å². The molecule has 0 aliphatic carbocycles. The van der Waals surface area contributed by atoms with E-state index in [-0.39, 0.29) is 10.9 Å². The van der Waals surface area contributed by atoms with Crippen LogP contribution in [0.3, 0.4) is 0 Å². The molecule has 1 heterocycles. The summed E-state index contributed by atoms with van der Waals surface area (Å²) in [6.07, 6.45) is 3.41. The molecule has 0 saturated heterocycles. The highest BCUT2D eigenvalue weighted by Crippen LogP contribution is 2.02. The van der Waals surface area contributed by atoms with Gasteiger partial charge >= 0.3 is 0 Å². The van der Waals surface area contributed by atoms with Gasteiger partial charge in [0.05, 0.1) is 5.56 Å². The zero-order valence-electron chi connectivity index (χ0n) is 7.18. The van der Waals surface area contributed by atoms with Crippen LogP contribution in [0.1, 0.15) is 17.3 Å². The molecule has 0 radical (unpaired) electrons. The van der Waals surface area contributed by atoms with Crippen molar-refractivity contribution in [2.45, 2.75) is 12.1 Å². The molecule has 0 aliphatic heterocycles. The van der Waals surface area contributed by atoms with Gasteiger partial charge in [0.15, 0.2) is 5.78 Å². The lowest BCUT2D eigenvalue weighted by atomic mass is 10.2. The maximum absolute atomic E-state index is 10.9. The van der Waals surface area contributed by atoms with Crippen molar-refractivity contribution in [2.24, 2.45) is 0 Å². The predicted molar refractivity (Wildman–Crippen MR) is 45.1 cm³/mol. The Morgan fingerprint density at radius 1 is 1.31 bits per heavy atom. The Morgan fingerprint density at radius 3 is 2.08 bits per heavy atom. The third-order valence-corrected chi connectivity index (χ3v) is 2.24. The Kier molecular flexibility index (Phi) is 2.42. The van der Waals surface area contributed by atoms with Gasteiger partial charge in [-0.25, -0.2) is 18.4 Å². The lowest BCUT2D eigenvalue weighted by molar-refractivity contribution is 0.101. The number of rotatable bonds is 2. The van der Waals surface area contributed by atoms with Crippen LogP contribution in [0, 0.1) is 0 Å². The number of sulfone groups is 1. The van der Waals surface area contributed by atoms with Gasteiger partial charge in [-0.3, -0.25) is 4.79 Å². The van der Waals surface area contributed by atoms with Crippen molar-refractivity contribution in [3.8, 4) is 0 Å². The molecule has 1 aromatic rings. The van der Waals surface area contributed by atoms with Gasteiger partial charge in [0, 0.05) is 18.6 Å². The topological polar surface area (TPSA) is 77.0 Å². The van der Waals surface area contributed by atoms with Crippen LogP contribution in [0.2, 0.25) is 0 Å². The first kappa shape index (κ1) is 9.79. The van der Waals surface area contributed by atoms with Gasteiger partial charge in [0.1, 0.15) is 0 Å². The molecular formula is C7H8N2O3S. The van der Waals surface area contributed by atoms with Gasteiger partial charge in [-0.15, -0.1) is 0 Å². The number of carbonyl (C=O) groups excluding carboxylic acids is 1. The van der Waals surface area contributed by atoms with Crippen LogP contribution in [-0.4, -0.2) is 30.4 Å². The van der Waals surface area contributed by atoms with Crippen molar-refractivity contribution < 1.29 is 13.2 Å². The molecule has 0 N–H and O–H groups in total. The minimum atomic E-state index is -3.38. The fraction of sp³-hybridized carbons (Fsp3) is 0.286. The minimum Gasteiger partial charge on any atom is -0.294 e. The molecule has 0 aromatic carbocycles. The van der Waals surface area contributed by atoms with E-state index in [1.54, 1.807) is 0 Å². The monoisotopic (exact) mass is 200 g/mol. The molecule has 0 spiro atoms. The van der Waals surface area contributed by atoms with E-state index >= 15 is 0 Å². The fourth-order valence-corrected chi connectivity index (χ4v) is 1.18. The second-order valence-corrected chi connectivity index (χ2v) is 4.49. The molecule has 0 atom stereocenters. The highest BCUT2D eigenvalue weighted by molar-refractivity contribution is 7.90. The van der Waals surface area contributed by atoms with E-state index in [4.69, 9.17) is 0 Å². The number of ketones is 1. The van der Waals surface area contributed by atoms with Crippen molar-refractivity contribution in [1.29, 1.82) is 0 Å². The van der Waals surface area contributed by atoms with Crippen LogP contribution in [0.25, 0.3) is 0 Å². The highest BCUT2D eigenvalue weighted by atomic mass is 32.2. The van der Waals surface area contributed by atoms with Crippen LogP contribution in [0.15, 0.2) is 17.6 Å². The van der Waals surface area contributed by atoms with Crippen molar-refractivity contribution in [1.82, 2.24) is 9.97 Å². The number of aromatic nitrogens is 2. The quantitative estimate of drug-likeness (QED) is 0.499. The predicted octanol–water partition coefficient (Wildman–Crippen LogP) is 0.0827. The second kappa shape index (κ2) is 3.21. The summed E-state index contributed by atoms with van der Waals surface area (Å²) in [5.74, 6) is -0.194. The van der Waals surface area contributed by atoms with Crippen LogP contribution >= 0.6 is 0 Å². The van der Waals surface area contributed by atoms with Crippen molar-refractivity contribution >= 4 is 15.6 Å². The molecule has 0 fully saturated rings.